The van der Waals surface area contributed by atoms with Crippen molar-refractivity contribution >= 4 is 51.6 Å². The number of amides is 2. The molecule has 0 N–H and O–H groups in total. The number of hydrogen-bond acceptors (Lipinski definition) is 4. The number of nitrogens with zero attached hydrogens (tertiary/aromatic N) is 1. The van der Waals surface area contributed by atoms with Crippen molar-refractivity contribution in [3.05, 3.63) is 68.1 Å². The van der Waals surface area contributed by atoms with Crippen LogP contribution in [0.1, 0.15) is 11.1 Å². The van der Waals surface area contributed by atoms with Gasteiger partial charge in [-0.2, -0.15) is 0 Å². The van der Waals surface area contributed by atoms with Gasteiger partial charge in [-0.05, 0) is 75.8 Å². The van der Waals surface area contributed by atoms with Crippen LogP contribution in [-0.4, -0.2) is 23.2 Å². The highest BCUT2D eigenvalue weighted by Gasteiger charge is 2.34. The van der Waals surface area contributed by atoms with E-state index in [9.17, 15) is 9.59 Å². The van der Waals surface area contributed by atoms with Gasteiger partial charge in [0, 0.05) is 3.57 Å². The fourth-order valence-corrected chi connectivity index (χ4v) is 3.46. The molecule has 0 spiro atoms. The minimum atomic E-state index is -0.251. The molecule has 1 saturated heterocycles. The predicted molar refractivity (Wildman–Crippen MR) is 104 cm³/mol. The summed E-state index contributed by atoms with van der Waals surface area (Å²) in [6.45, 7) is 0.293. The third kappa shape index (κ3) is 3.81. The molecule has 4 nitrogen and oxygen atoms in total. The first-order chi connectivity index (χ1) is 11.6. The fraction of sp³-hybridized carbons (Fsp3) is 0.111. The van der Waals surface area contributed by atoms with Gasteiger partial charge in [0.15, 0.2) is 0 Å². The molecule has 3 rings (SSSR count). The number of halogens is 1. The number of benzene rings is 2. The Labute approximate surface area is 158 Å². The standard InChI is InChI=1S/C18H14INO3S/c1-23-15-8-4-12(5-9-15)10-16-17(21)20(18(22)24-16)11-13-2-6-14(19)7-3-13/h2-10H,11H2,1H3/b16-10+. The number of ether oxygens (including phenoxy) is 1. The van der Waals surface area contributed by atoms with Gasteiger partial charge < -0.3 is 4.74 Å². The van der Waals surface area contributed by atoms with Crippen LogP contribution in [0, 0.1) is 3.57 Å². The number of rotatable bonds is 4. The number of imide groups is 1. The Bertz CT molecular complexity index is 800. The maximum atomic E-state index is 12.5. The van der Waals surface area contributed by atoms with E-state index < -0.39 is 0 Å². The molecule has 1 aliphatic rings. The number of carbonyl (C=O) groups is 2. The van der Waals surface area contributed by atoms with Crippen LogP contribution in [0.4, 0.5) is 4.79 Å². The van der Waals surface area contributed by atoms with Gasteiger partial charge in [0.05, 0.1) is 18.6 Å². The Balaban J connectivity index is 1.77. The fourth-order valence-electron chi connectivity index (χ4n) is 2.26. The molecule has 24 heavy (non-hydrogen) atoms. The molecule has 1 fully saturated rings. The third-order valence-corrected chi connectivity index (χ3v) is 5.17. The molecule has 2 amide bonds. The lowest BCUT2D eigenvalue weighted by Gasteiger charge is -2.12. The Morgan fingerprint density at radius 3 is 2.38 bits per heavy atom. The van der Waals surface area contributed by atoms with Crippen LogP contribution in [0.5, 0.6) is 5.75 Å². The van der Waals surface area contributed by atoms with Gasteiger partial charge >= 0.3 is 0 Å². The molecule has 0 unspecified atom stereocenters. The van der Waals surface area contributed by atoms with Crippen LogP contribution in [0.3, 0.4) is 0 Å². The van der Waals surface area contributed by atoms with Gasteiger partial charge in [0.25, 0.3) is 11.1 Å². The van der Waals surface area contributed by atoms with Crippen LogP contribution >= 0.6 is 34.4 Å². The largest absolute Gasteiger partial charge is 0.497 e. The van der Waals surface area contributed by atoms with Gasteiger partial charge in [-0.1, -0.05) is 24.3 Å². The molecule has 6 heteroatoms. The van der Waals surface area contributed by atoms with Crippen molar-refractivity contribution in [1.29, 1.82) is 0 Å². The molecule has 0 radical (unpaired) electrons. The van der Waals surface area contributed by atoms with Crippen molar-refractivity contribution < 1.29 is 14.3 Å². The Morgan fingerprint density at radius 1 is 1.08 bits per heavy atom. The van der Waals surface area contributed by atoms with E-state index in [1.807, 2.05) is 48.5 Å². The first-order valence-corrected chi connectivity index (χ1v) is 9.10. The summed E-state index contributed by atoms with van der Waals surface area (Å²) in [5, 5.41) is -0.238. The normalized spacial score (nSPS) is 16.1. The molecule has 0 saturated carbocycles. The van der Waals surface area contributed by atoms with Gasteiger partial charge in [-0.15, -0.1) is 0 Å². The van der Waals surface area contributed by atoms with E-state index in [0.29, 0.717) is 11.4 Å². The lowest BCUT2D eigenvalue weighted by Crippen LogP contribution is -2.27. The van der Waals surface area contributed by atoms with Crippen LogP contribution in [-0.2, 0) is 11.3 Å². The number of carbonyl (C=O) groups excluding carboxylic acids is 2. The van der Waals surface area contributed by atoms with Crippen molar-refractivity contribution in [1.82, 2.24) is 4.90 Å². The molecule has 1 heterocycles. The van der Waals surface area contributed by atoms with Crippen molar-refractivity contribution in [3.8, 4) is 5.75 Å². The molecule has 1 aliphatic heterocycles. The molecule has 122 valence electrons. The van der Waals surface area contributed by atoms with Crippen molar-refractivity contribution in [2.24, 2.45) is 0 Å². The predicted octanol–water partition coefficient (Wildman–Crippen LogP) is 4.54. The summed E-state index contributed by atoms with van der Waals surface area (Å²) in [4.78, 5) is 26.4. The molecule has 0 bridgehead atoms. The number of hydrogen-bond donors (Lipinski definition) is 0. The molecule has 0 atom stereocenters. The lowest BCUT2D eigenvalue weighted by molar-refractivity contribution is -0.123. The van der Waals surface area contributed by atoms with Crippen LogP contribution in [0.15, 0.2) is 53.4 Å². The van der Waals surface area contributed by atoms with E-state index in [0.717, 1.165) is 32.2 Å². The van der Waals surface area contributed by atoms with E-state index in [1.54, 1.807) is 13.2 Å². The summed E-state index contributed by atoms with van der Waals surface area (Å²) in [6.07, 6.45) is 1.73. The van der Waals surface area contributed by atoms with Gasteiger partial charge in [-0.3, -0.25) is 14.5 Å². The van der Waals surface area contributed by atoms with Crippen LogP contribution < -0.4 is 4.74 Å². The van der Waals surface area contributed by atoms with Gasteiger partial charge in [-0.25, -0.2) is 0 Å². The van der Waals surface area contributed by atoms with Gasteiger partial charge in [0.1, 0.15) is 5.75 Å². The number of methoxy groups -OCH3 is 1. The SMILES string of the molecule is COc1ccc(/C=C2/SC(=O)N(Cc3ccc(I)cc3)C2=O)cc1. The van der Waals surface area contributed by atoms with Crippen molar-refractivity contribution in [2.75, 3.05) is 7.11 Å². The first-order valence-electron chi connectivity index (χ1n) is 7.20. The maximum absolute atomic E-state index is 12.5. The topological polar surface area (TPSA) is 46.6 Å². The van der Waals surface area contributed by atoms with E-state index in [1.165, 1.54) is 4.90 Å². The van der Waals surface area contributed by atoms with Crippen LogP contribution in [0.25, 0.3) is 6.08 Å². The molecule has 2 aromatic rings. The highest BCUT2D eigenvalue weighted by molar-refractivity contribution is 14.1. The third-order valence-electron chi connectivity index (χ3n) is 3.54. The average molecular weight is 451 g/mol. The van der Waals surface area contributed by atoms with E-state index in [4.69, 9.17) is 4.74 Å². The summed E-state index contributed by atoms with van der Waals surface area (Å²) in [7, 11) is 1.60. The molecular weight excluding hydrogens is 437 g/mol. The zero-order valence-corrected chi connectivity index (χ0v) is 15.8. The maximum Gasteiger partial charge on any atom is 0.293 e. The second kappa shape index (κ2) is 7.40. The molecule has 0 aromatic heterocycles. The summed E-state index contributed by atoms with van der Waals surface area (Å²) in [6, 6.07) is 15.1. The molecule has 0 aliphatic carbocycles. The van der Waals surface area contributed by atoms with Crippen LogP contribution in [0.2, 0.25) is 0 Å². The Kier molecular flexibility index (Phi) is 5.25. The molecule has 2 aromatic carbocycles. The van der Waals surface area contributed by atoms with E-state index in [2.05, 4.69) is 22.6 Å². The second-order valence-corrected chi connectivity index (χ2v) is 7.41. The quantitative estimate of drug-likeness (QED) is 0.506. The van der Waals surface area contributed by atoms with E-state index >= 15 is 0 Å². The minimum Gasteiger partial charge on any atom is -0.497 e. The Hall–Kier alpha value is -1.80. The average Bonchev–Trinajstić information content (AvgIpc) is 2.85. The van der Waals surface area contributed by atoms with E-state index in [-0.39, 0.29) is 11.1 Å². The zero-order chi connectivity index (χ0) is 17.1. The van der Waals surface area contributed by atoms with Crippen molar-refractivity contribution in [3.63, 3.8) is 0 Å². The van der Waals surface area contributed by atoms with Gasteiger partial charge in [0.2, 0.25) is 0 Å². The Morgan fingerprint density at radius 2 is 1.75 bits per heavy atom. The minimum absolute atomic E-state index is 0.238. The highest BCUT2D eigenvalue weighted by atomic mass is 127. The highest BCUT2D eigenvalue weighted by Crippen LogP contribution is 2.33. The second-order valence-electron chi connectivity index (χ2n) is 5.17. The lowest BCUT2D eigenvalue weighted by atomic mass is 10.2. The summed E-state index contributed by atoms with van der Waals surface area (Å²) in [5.41, 5.74) is 1.79. The monoisotopic (exact) mass is 451 g/mol. The van der Waals surface area contributed by atoms with Crippen molar-refractivity contribution in [2.45, 2.75) is 6.54 Å². The summed E-state index contributed by atoms with van der Waals surface area (Å²) in [5.74, 6) is 0.498. The number of thioether (sulfide) groups is 1. The summed E-state index contributed by atoms with van der Waals surface area (Å²) < 4.78 is 6.23. The summed E-state index contributed by atoms with van der Waals surface area (Å²) >= 11 is 3.20. The first kappa shape index (κ1) is 17.0. The smallest absolute Gasteiger partial charge is 0.293 e. The molecular formula is C18H14INO3S. The zero-order valence-electron chi connectivity index (χ0n) is 12.9.